The van der Waals surface area contributed by atoms with Gasteiger partial charge in [0.05, 0.1) is 0 Å². The average Bonchev–Trinajstić information content (AvgIpc) is 2.13. The van der Waals surface area contributed by atoms with Gasteiger partial charge in [-0.3, -0.25) is 0 Å². The Labute approximate surface area is 103 Å². The van der Waals surface area contributed by atoms with Crippen LogP contribution in [0.3, 0.4) is 0 Å². The number of ether oxygens (including phenoxy) is 1. The predicted molar refractivity (Wildman–Crippen MR) is 53.1 cm³/mol. The van der Waals surface area contributed by atoms with E-state index in [1.807, 2.05) is 0 Å². The second kappa shape index (κ2) is 4.51. The highest BCUT2D eigenvalue weighted by molar-refractivity contribution is 8.13. The highest BCUT2D eigenvalue weighted by Gasteiger charge is 2.33. The fraction of sp³-hybridized carbons (Fsp3) is 0.143. The Kier molecular flexibility index (Phi) is 3.59. The number of hydrogen-bond acceptors (Lipinski definition) is 6. The quantitative estimate of drug-likeness (QED) is 0.827. The maximum atomic E-state index is 12.0. The van der Waals surface area contributed by atoms with Crippen LogP contribution in [0.5, 0.6) is 5.75 Å². The smallest absolute Gasteiger partial charge is 0.404 e. The van der Waals surface area contributed by atoms with Crippen LogP contribution >= 0.6 is 10.7 Å². The van der Waals surface area contributed by atoms with Crippen molar-refractivity contribution in [3.05, 3.63) is 11.6 Å². The van der Waals surface area contributed by atoms with Crippen LogP contribution in [0.25, 0.3) is 0 Å². The molecule has 6 nitrogen and oxygen atoms in total. The Bertz CT molecular complexity index is 623. The van der Waals surface area contributed by atoms with Crippen molar-refractivity contribution in [3.63, 3.8) is 0 Å². The highest BCUT2D eigenvalue weighted by Crippen LogP contribution is 2.31. The van der Waals surface area contributed by atoms with Crippen LogP contribution in [-0.2, 0) is 9.05 Å². The molecule has 11 heteroatoms. The molecule has 2 N–H and O–H groups in total. The molecule has 0 atom stereocenters. The van der Waals surface area contributed by atoms with E-state index < -0.39 is 37.6 Å². The van der Waals surface area contributed by atoms with Gasteiger partial charge in [0.2, 0.25) is 0 Å². The molecule has 0 unspecified atom stereocenters. The molecule has 0 fully saturated rings. The third-order valence-corrected chi connectivity index (χ3v) is 2.76. The largest absolute Gasteiger partial charge is 0.573 e. The molecule has 0 aliphatic carbocycles. The monoisotopic (exact) mass is 301 g/mol. The van der Waals surface area contributed by atoms with Gasteiger partial charge >= 0.3 is 6.36 Å². The Balaban J connectivity index is 3.48. The zero-order valence-corrected chi connectivity index (χ0v) is 9.77. The first kappa shape index (κ1) is 14.3. The van der Waals surface area contributed by atoms with Crippen LogP contribution in [0, 0.1) is 11.3 Å². The number of nitrogen functional groups attached to an aromatic ring is 1. The number of rotatable bonds is 2. The maximum absolute atomic E-state index is 12.0. The summed E-state index contributed by atoms with van der Waals surface area (Å²) in [6.45, 7) is 0. The van der Waals surface area contributed by atoms with Crippen molar-refractivity contribution in [2.24, 2.45) is 0 Å². The minimum Gasteiger partial charge on any atom is -0.404 e. The minimum atomic E-state index is -5.12. The van der Waals surface area contributed by atoms with Crippen molar-refractivity contribution in [1.29, 1.82) is 5.26 Å². The lowest BCUT2D eigenvalue weighted by Crippen LogP contribution is -2.19. The fourth-order valence-corrected chi connectivity index (χ4v) is 1.65. The molecule has 0 spiro atoms. The van der Waals surface area contributed by atoms with Crippen molar-refractivity contribution in [3.8, 4) is 11.8 Å². The third-order valence-electron chi connectivity index (χ3n) is 1.58. The first-order chi connectivity index (χ1) is 8.04. The van der Waals surface area contributed by atoms with Crippen molar-refractivity contribution < 1.29 is 26.3 Å². The zero-order valence-electron chi connectivity index (χ0n) is 8.19. The van der Waals surface area contributed by atoms with Gasteiger partial charge in [0, 0.05) is 16.7 Å². The number of nitrogens with two attached hydrogens (primary N) is 1. The summed E-state index contributed by atoms with van der Waals surface area (Å²) in [5.74, 6) is -1.82. The van der Waals surface area contributed by atoms with Gasteiger partial charge in [-0.1, -0.05) is 0 Å². The normalized spacial score (nSPS) is 11.9. The van der Waals surface area contributed by atoms with Gasteiger partial charge in [-0.25, -0.2) is 13.4 Å². The summed E-state index contributed by atoms with van der Waals surface area (Å²) < 4.78 is 61.5. The number of alkyl halides is 3. The maximum Gasteiger partial charge on any atom is 0.573 e. The molecule has 1 rings (SSSR count). The Hall–Kier alpha value is -1.73. The molecule has 18 heavy (non-hydrogen) atoms. The van der Waals surface area contributed by atoms with Gasteiger partial charge in [-0.15, -0.1) is 13.2 Å². The topological polar surface area (TPSA) is 106 Å². The number of halogens is 4. The van der Waals surface area contributed by atoms with Crippen LogP contribution in [0.4, 0.5) is 19.0 Å². The molecule has 0 aromatic carbocycles. The van der Waals surface area contributed by atoms with Crippen LogP contribution in [0.1, 0.15) is 5.56 Å². The van der Waals surface area contributed by atoms with E-state index in [1.165, 1.54) is 6.07 Å². The van der Waals surface area contributed by atoms with E-state index >= 15 is 0 Å². The summed E-state index contributed by atoms with van der Waals surface area (Å²) in [6.07, 6.45) is -5.12. The van der Waals surface area contributed by atoms with Gasteiger partial charge in [0.15, 0.2) is 10.8 Å². The lowest BCUT2D eigenvalue weighted by Gasteiger charge is -2.11. The van der Waals surface area contributed by atoms with Gasteiger partial charge < -0.3 is 10.5 Å². The minimum absolute atomic E-state index is 0.366. The van der Waals surface area contributed by atoms with E-state index in [2.05, 4.69) is 9.72 Å². The molecular weight excluding hydrogens is 299 g/mol. The Morgan fingerprint density at radius 2 is 2.06 bits per heavy atom. The summed E-state index contributed by atoms with van der Waals surface area (Å²) in [5, 5.41) is 7.65. The number of pyridine rings is 1. The highest BCUT2D eigenvalue weighted by atomic mass is 35.7. The summed E-state index contributed by atoms with van der Waals surface area (Å²) in [5.41, 5.74) is 4.40. The first-order valence-corrected chi connectivity index (χ1v) is 6.26. The molecule has 1 aromatic rings. The van der Waals surface area contributed by atoms with Crippen molar-refractivity contribution >= 4 is 25.6 Å². The lowest BCUT2D eigenvalue weighted by atomic mass is 10.2. The van der Waals surface area contributed by atoms with E-state index in [9.17, 15) is 21.6 Å². The van der Waals surface area contributed by atoms with E-state index in [0.717, 1.165) is 0 Å². The molecule has 1 heterocycles. The van der Waals surface area contributed by atoms with Gasteiger partial charge in [-0.05, 0) is 0 Å². The summed E-state index contributed by atoms with van der Waals surface area (Å²) in [6, 6.07) is 1.68. The number of aromatic nitrogens is 1. The Morgan fingerprint density at radius 3 is 2.44 bits per heavy atom. The molecule has 0 aliphatic heterocycles. The van der Waals surface area contributed by atoms with Crippen LogP contribution < -0.4 is 10.5 Å². The van der Waals surface area contributed by atoms with E-state index in [4.69, 9.17) is 21.7 Å². The molecule has 0 bridgehead atoms. The first-order valence-electron chi connectivity index (χ1n) is 3.95. The standard InChI is InChI=1S/C7H3ClF3N3O3S/c8-18(15,16)5-1-4(17-7(9,10)11)3(2-12)6(13)14-5/h1H,(H2,13,14). The van der Waals surface area contributed by atoms with Gasteiger partial charge in [0.25, 0.3) is 9.05 Å². The van der Waals surface area contributed by atoms with Crippen molar-refractivity contribution in [2.45, 2.75) is 11.4 Å². The second-order valence-corrected chi connectivity index (χ2v) is 5.33. The number of anilines is 1. The van der Waals surface area contributed by atoms with Crippen LogP contribution in [0.2, 0.25) is 0 Å². The molecule has 0 radical (unpaired) electrons. The number of hydrogen-bond donors (Lipinski definition) is 1. The molecule has 1 aromatic heterocycles. The number of nitriles is 1. The molecule has 0 amide bonds. The lowest BCUT2D eigenvalue weighted by molar-refractivity contribution is -0.274. The van der Waals surface area contributed by atoms with E-state index in [1.54, 1.807) is 0 Å². The molecule has 98 valence electrons. The van der Waals surface area contributed by atoms with Crippen molar-refractivity contribution in [1.82, 2.24) is 4.98 Å². The second-order valence-electron chi connectivity index (χ2n) is 2.82. The predicted octanol–water partition coefficient (Wildman–Crippen LogP) is 1.36. The van der Waals surface area contributed by atoms with Crippen LogP contribution in [-0.4, -0.2) is 19.8 Å². The SMILES string of the molecule is N#Cc1c(OC(F)(F)F)cc(S(=O)(=O)Cl)nc1N. The number of nitrogens with zero attached hydrogens (tertiary/aromatic N) is 2. The third kappa shape index (κ3) is 3.38. The fourth-order valence-electron chi connectivity index (χ4n) is 0.960. The Morgan fingerprint density at radius 1 is 1.50 bits per heavy atom. The van der Waals surface area contributed by atoms with Crippen molar-refractivity contribution in [2.75, 3.05) is 5.73 Å². The molecule has 0 saturated heterocycles. The molecule has 0 saturated carbocycles. The van der Waals surface area contributed by atoms with E-state index in [0.29, 0.717) is 6.07 Å². The summed E-state index contributed by atoms with van der Waals surface area (Å²) >= 11 is 0. The van der Waals surface area contributed by atoms with Gasteiger partial charge in [-0.2, -0.15) is 5.26 Å². The average molecular weight is 302 g/mol. The molecule has 0 aliphatic rings. The van der Waals surface area contributed by atoms with E-state index in [-0.39, 0.29) is 0 Å². The zero-order chi connectivity index (χ0) is 14.1. The molecular formula is C7H3ClF3N3O3S. The van der Waals surface area contributed by atoms with Gasteiger partial charge in [0.1, 0.15) is 17.5 Å². The summed E-state index contributed by atoms with van der Waals surface area (Å²) in [4.78, 5) is 3.19. The van der Waals surface area contributed by atoms with Crippen LogP contribution in [0.15, 0.2) is 11.1 Å². The summed E-state index contributed by atoms with van der Waals surface area (Å²) in [7, 11) is 0.500.